The first-order chi connectivity index (χ1) is 15.7. The molecule has 204 valence electrons. The zero-order valence-electron chi connectivity index (χ0n) is 20.5. The van der Waals surface area contributed by atoms with Crippen LogP contribution in [-0.2, 0) is 31.4 Å². The van der Waals surface area contributed by atoms with Gasteiger partial charge in [-0.25, -0.2) is 35.0 Å². The Morgan fingerprint density at radius 2 is 0.912 bits per heavy atom. The molecule has 0 aromatic heterocycles. The maximum Gasteiger partial charge on any atom is 0.330 e. The molecule has 0 saturated carbocycles. The second-order valence-electron chi connectivity index (χ2n) is 6.71. The van der Waals surface area contributed by atoms with E-state index in [0.717, 1.165) is 25.7 Å². The van der Waals surface area contributed by atoms with Crippen molar-refractivity contribution < 1.29 is 46.9 Å². The quantitative estimate of drug-likeness (QED) is 0.135. The fourth-order valence-electron chi connectivity index (χ4n) is 1.46. The van der Waals surface area contributed by atoms with Gasteiger partial charge in [-0.1, -0.05) is 39.8 Å². The first kappa shape index (κ1) is 39.4. The van der Waals surface area contributed by atoms with Gasteiger partial charge >= 0.3 is 11.9 Å². The number of carbonyl (C=O) groups is 2. The van der Waals surface area contributed by atoms with Gasteiger partial charge in [-0.2, -0.15) is 0 Å². The molecule has 0 unspecified atom stereocenters. The number of carboxylic acids is 2. The summed E-state index contributed by atoms with van der Waals surface area (Å²) in [6, 6.07) is 0. The Bertz CT molecular complexity index is 622. The number of thiol groups is 2. The van der Waals surface area contributed by atoms with Gasteiger partial charge in [0.1, 0.15) is 0 Å². The largest absolute Gasteiger partial charge is 0.478 e. The Kier molecular flexibility index (Phi) is 31.7. The first-order valence-electron chi connectivity index (χ1n) is 10.5. The minimum Gasteiger partial charge on any atom is -0.478 e. The van der Waals surface area contributed by atoms with Crippen molar-refractivity contribution in [2.75, 3.05) is 39.4 Å². The lowest BCUT2D eigenvalue weighted by Gasteiger charge is -2.11. The lowest BCUT2D eigenvalue weighted by Crippen LogP contribution is -2.26. The number of aliphatic hydroxyl groups is 2. The summed E-state index contributed by atoms with van der Waals surface area (Å²) >= 11 is 0. The Balaban J connectivity index is -0.000000184. The second-order valence-corrected chi connectivity index (χ2v) is 8.79. The van der Waals surface area contributed by atoms with Gasteiger partial charge < -0.3 is 20.4 Å². The predicted octanol–water partition coefficient (Wildman–Crippen LogP) is 0.509. The third-order valence-corrected chi connectivity index (χ3v) is 5.17. The predicted molar refractivity (Wildman–Crippen MR) is 133 cm³/mol. The highest BCUT2D eigenvalue weighted by atomic mass is 32.2. The van der Waals surface area contributed by atoms with Crippen LogP contribution >= 0.6 is 0 Å². The molecule has 34 heavy (non-hydrogen) atoms. The van der Waals surface area contributed by atoms with Crippen LogP contribution in [0.2, 0.25) is 0 Å². The van der Waals surface area contributed by atoms with Crippen LogP contribution in [0.25, 0.3) is 0 Å². The highest BCUT2D eigenvalue weighted by Crippen LogP contribution is 1.94. The summed E-state index contributed by atoms with van der Waals surface area (Å²) in [5.74, 6) is -1.87. The molecule has 0 aliphatic rings. The smallest absolute Gasteiger partial charge is 0.330 e. The van der Waals surface area contributed by atoms with Crippen molar-refractivity contribution in [3.8, 4) is 0 Å². The molecule has 0 saturated heterocycles. The van der Waals surface area contributed by atoms with Gasteiger partial charge in [-0.15, -0.1) is 0 Å². The number of nitrogens with zero attached hydrogens (tertiary/aromatic N) is 2. The molecular formula is C20H42N2O10S2. The molecule has 0 aromatic carbocycles. The van der Waals surface area contributed by atoms with E-state index in [0.29, 0.717) is 13.1 Å². The lowest BCUT2D eigenvalue weighted by molar-refractivity contribution is -0.133. The zero-order valence-corrected chi connectivity index (χ0v) is 22.3. The van der Waals surface area contributed by atoms with Crippen LogP contribution in [-0.4, -0.2) is 97.2 Å². The third-order valence-electron chi connectivity index (χ3n) is 3.45. The Morgan fingerprint density at radius 3 is 1.03 bits per heavy atom. The Labute approximate surface area is 206 Å². The SMILES string of the molecule is C=C(C)C(=O)O.C=C(C)C(=O)O.CCCCN(CCO)[SH](=O)=O.CCCCN(CCO)[SH](=O)=O. The normalized spacial score (nSPS) is 9.94. The summed E-state index contributed by atoms with van der Waals surface area (Å²) in [6.07, 6.45) is 3.63. The van der Waals surface area contributed by atoms with Crippen LogP contribution in [0, 0.1) is 0 Å². The van der Waals surface area contributed by atoms with Crippen molar-refractivity contribution in [3.05, 3.63) is 24.3 Å². The van der Waals surface area contributed by atoms with E-state index in [-0.39, 0.29) is 37.4 Å². The molecule has 4 N–H and O–H groups in total. The summed E-state index contributed by atoms with van der Waals surface area (Å²) in [5.41, 5.74) is 0.352. The molecule has 0 rings (SSSR count). The summed E-state index contributed by atoms with van der Waals surface area (Å²) in [7, 11) is -5.02. The zero-order chi connectivity index (χ0) is 27.7. The van der Waals surface area contributed by atoms with Crippen LogP contribution in [0.15, 0.2) is 24.3 Å². The summed E-state index contributed by atoms with van der Waals surface area (Å²) in [4.78, 5) is 19.2. The van der Waals surface area contributed by atoms with E-state index in [1.807, 2.05) is 13.8 Å². The van der Waals surface area contributed by atoms with Gasteiger partial charge in [0.05, 0.1) is 13.2 Å². The fourth-order valence-corrected chi connectivity index (χ4v) is 2.58. The van der Waals surface area contributed by atoms with Gasteiger partial charge in [-0.05, 0) is 26.7 Å². The minimum atomic E-state index is -2.51. The molecule has 0 bridgehead atoms. The molecule has 14 heteroatoms. The third kappa shape index (κ3) is 32.3. The van der Waals surface area contributed by atoms with Crippen molar-refractivity contribution in [1.82, 2.24) is 8.61 Å². The molecule has 0 aliphatic carbocycles. The summed E-state index contributed by atoms with van der Waals surface area (Å²) in [5, 5.41) is 32.7. The Morgan fingerprint density at radius 1 is 0.676 bits per heavy atom. The van der Waals surface area contributed by atoms with Crippen molar-refractivity contribution in [2.24, 2.45) is 0 Å². The molecule has 0 atom stereocenters. The number of unbranched alkanes of at least 4 members (excludes halogenated alkanes) is 2. The molecule has 0 aromatic rings. The van der Waals surface area contributed by atoms with Crippen molar-refractivity contribution in [3.63, 3.8) is 0 Å². The number of rotatable bonds is 14. The van der Waals surface area contributed by atoms with E-state index in [1.54, 1.807) is 0 Å². The molecule has 0 radical (unpaired) electrons. The average molecular weight is 535 g/mol. The molecular weight excluding hydrogens is 492 g/mol. The monoisotopic (exact) mass is 534 g/mol. The van der Waals surface area contributed by atoms with E-state index >= 15 is 0 Å². The highest BCUT2D eigenvalue weighted by molar-refractivity contribution is 7.70. The fraction of sp³-hybridized carbons (Fsp3) is 0.700. The average Bonchev–Trinajstić information content (AvgIpc) is 2.74. The van der Waals surface area contributed by atoms with Gasteiger partial charge in [-0.3, -0.25) is 0 Å². The molecule has 0 spiro atoms. The Hall–Kier alpha value is -1.84. The van der Waals surface area contributed by atoms with Crippen LogP contribution in [0.1, 0.15) is 53.4 Å². The van der Waals surface area contributed by atoms with Gasteiger partial charge in [0.25, 0.3) is 0 Å². The minimum absolute atomic E-state index is 0.104. The van der Waals surface area contributed by atoms with Crippen molar-refractivity contribution in [2.45, 2.75) is 53.4 Å². The topological polar surface area (TPSA) is 190 Å². The summed E-state index contributed by atoms with van der Waals surface area (Å²) < 4.78 is 44.3. The van der Waals surface area contributed by atoms with E-state index in [2.05, 4.69) is 13.2 Å². The van der Waals surface area contributed by atoms with E-state index in [9.17, 15) is 26.4 Å². The molecule has 12 nitrogen and oxygen atoms in total. The van der Waals surface area contributed by atoms with Gasteiger partial charge in [0.2, 0.25) is 21.8 Å². The van der Waals surface area contributed by atoms with E-state index < -0.39 is 33.7 Å². The standard InChI is InChI=1S/2C6H15NO3S.2C4H6O2/c2*1-2-3-4-7(5-6-8)11(9)10;2*1-3(2)4(5)6/h2*8,11H,2-6H2,1H3;2*1H2,2H3,(H,5,6). The molecule has 0 amide bonds. The highest BCUT2D eigenvalue weighted by Gasteiger charge is 2.04. The lowest BCUT2D eigenvalue weighted by atomic mass is 10.3. The number of carboxylic acid groups (broad SMARTS) is 2. The molecule has 0 heterocycles. The van der Waals surface area contributed by atoms with E-state index in [1.165, 1.54) is 22.5 Å². The second kappa shape index (κ2) is 27.4. The number of aliphatic carboxylic acids is 2. The maximum atomic E-state index is 10.4. The first-order valence-corrected chi connectivity index (χ1v) is 12.8. The summed E-state index contributed by atoms with van der Waals surface area (Å²) in [6.45, 7) is 14.5. The van der Waals surface area contributed by atoms with Crippen LogP contribution in [0.3, 0.4) is 0 Å². The van der Waals surface area contributed by atoms with Crippen LogP contribution < -0.4 is 0 Å². The van der Waals surface area contributed by atoms with E-state index in [4.69, 9.17) is 20.4 Å². The van der Waals surface area contributed by atoms with Gasteiger partial charge in [0, 0.05) is 37.3 Å². The number of hydrogen-bond donors (Lipinski definition) is 6. The van der Waals surface area contributed by atoms with Gasteiger partial charge in [0.15, 0.2) is 0 Å². The molecule has 0 fully saturated rings. The number of aliphatic hydroxyl groups excluding tert-OH is 2. The molecule has 0 aliphatic heterocycles. The van der Waals surface area contributed by atoms with Crippen molar-refractivity contribution in [1.29, 1.82) is 0 Å². The van der Waals surface area contributed by atoms with Crippen LogP contribution in [0.5, 0.6) is 0 Å². The number of hydrogen-bond acceptors (Lipinski definition) is 8. The van der Waals surface area contributed by atoms with Crippen molar-refractivity contribution >= 4 is 33.7 Å². The van der Waals surface area contributed by atoms with Crippen LogP contribution in [0.4, 0.5) is 0 Å². The maximum absolute atomic E-state index is 10.4.